The third-order valence-corrected chi connectivity index (χ3v) is 3.34. The highest BCUT2D eigenvalue weighted by atomic mass is 16.4. The molecule has 1 amide bonds. The van der Waals surface area contributed by atoms with Crippen LogP contribution in [0.5, 0.6) is 0 Å². The molecule has 0 heterocycles. The van der Waals surface area contributed by atoms with Gasteiger partial charge in [-0.2, -0.15) is 0 Å². The van der Waals surface area contributed by atoms with E-state index in [1.165, 1.54) is 0 Å². The lowest BCUT2D eigenvalue weighted by atomic mass is 9.93. The van der Waals surface area contributed by atoms with Gasteiger partial charge in [0.05, 0.1) is 5.92 Å². The van der Waals surface area contributed by atoms with Crippen LogP contribution >= 0.6 is 0 Å². The molecule has 0 spiro atoms. The number of aryl methyl sites for hydroxylation is 1. The second-order valence-electron chi connectivity index (χ2n) is 6.66. The van der Waals surface area contributed by atoms with E-state index in [1.807, 2.05) is 52.0 Å². The van der Waals surface area contributed by atoms with Gasteiger partial charge in [-0.15, -0.1) is 0 Å². The van der Waals surface area contributed by atoms with E-state index in [4.69, 9.17) is 5.11 Å². The van der Waals surface area contributed by atoms with Gasteiger partial charge in [-0.1, -0.05) is 57.5 Å². The molecule has 0 aliphatic carbocycles. The summed E-state index contributed by atoms with van der Waals surface area (Å²) in [6.45, 7) is 9.84. The third kappa shape index (κ3) is 5.21. The molecule has 21 heavy (non-hydrogen) atoms. The minimum absolute atomic E-state index is 0.0313. The monoisotopic (exact) mass is 291 g/mol. The molecular weight excluding hydrogens is 266 g/mol. The maximum atomic E-state index is 12.5. The summed E-state index contributed by atoms with van der Waals surface area (Å²) in [6.07, 6.45) is 0. The van der Waals surface area contributed by atoms with Crippen molar-refractivity contribution >= 4 is 11.9 Å². The molecule has 4 heteroatoms. The van der Waals surface area contributed by atoms with E-state index in [9.17, 15) is 9.59 Å². The molecule has 1 rings (SSSR count). The van der Waals surface area contributed by atoms with Gasteiger partial charge in [0.15, 0.2) is 0 Å². The Kier molecular flexibility index (Phi) is 5.53. The van der Waals surface area contributed by atoms with Crippen molar-refractivity contribution in [1.82, 2.24) is 4.90 Å². The van der Waals surface area contributed by atoms with Crippen molar-refractivity contribution in [2.75, 3.05) is 6.54 Å². The number of nitrogens with zero attached hydrogens (tertiary/aromatic N) is 1. The molecule has 0 fully saturated rings. The van der Waals surface area contributed by atoms with Gasteiger partial charge >= 0.3 is 5.97 Å². The zero-order chi connectivity index (χ0) is 16.2. The molecule has 1 N–H and O–H groups in total. The van der Waals surface area contributed by atoms with E-state index in [0.717, 1.165) is 11.1 Å². The van der Waals surface area contributed by atoms with Crippen LogP contribution in [0.1, 0.15) is 38.8 Å². The fraction of sp³-hybridized carbons (Fsp3) is 0.529. The van der Waals surface area contributed by atoms with Crippen LogP contribution in [-0.2, 0) is 16.1 Å². The lowest BCUT2D eigenvalue weighted by molar-refractivity contribution is -0.145. The van der Waals surface area contributed by atoms with Crippen LogP contribution in [0.4, 0.5) is 0 Å². The van der Waals surface area contributed by atoms with Crippen LogP contribution in [0.3, 0.4) is 0 Å². The van der Waals surface area contributed by atoms with Crippen LogP contribution in [0, 0.1) is 18.3 Å². The number of carboxylic acids is 1. The number of rotatable bonds is 5. The zero-order valence-corrected chi connectivity index (χ0v) is 13.5. The predicted octanol–water partition coefficient (Wildman–Crippen LogP) is 3.09. The summed E-state index contributed by atoms with van der Waals surface area (Å²) >= 11 is 0. The number of hydrogen-bond acceptors (Lipinski definition) is 2. The van der Waals surface area contributed by atoms with Crippen molar-refractivity contribution in [3.05, 3.63) is 35.4 Å². The lowest BCUT2D eigenvalue weighted by Gasteiger charge is -2.31. The lowest BCUT2D eigenvalue weighted by Crippen LogP contribution is -2.42. The molecule has 0 bridgehead atoms. The average molecular weight is 291 g/mol. The van der Waals surface area contributed by atoms with Crippen LogP contribution in [0.25, 0.3) is 0 Å². The average Bonchev–Trinajstić information content (AvgIpc) is 2.38. The highest BCUT2D eigenvalue weighted by Crippen LogP contribution is 2.20. The Morgan fingerprint density at radius 1 is 1.19 bits per heavy atom. The molecule has 0 aliphatic rings. The van der Waals surface area contributed by atoms with Crippen molar-refractivity contribution in [1.29, 1.82) is 0 Å². The van der Waals surface area contributed by atoms with E-state index >= 15 is 0 Å². The summed E-state index contributed by atoms with van der Waals surface area (Å²) in [5, 5.41) is 9.08. The molecule has 1 aromatic carbocycles. The summed E-state index contributed by atoms with van der Waals surface area (Å²) < 4.78 is 0. The number of carbonyl (C=O) groups is 2. The van der Waals surface area contributed by atoms with E-state index in [1.54, 1.807) is 11.8 Å². The number of aliphatic carboxylic acids is 1. The number of carboxylic acid groups (broad SMARTS) is 1. The molecule has 4 nitrogen and oxygen atoms in total. The van der Waals surface area contributed by atoms with Gasteiger partial charge in [-0.3, -0.25) is 9.59 Å². The van der Waals surface area contributed by atoms with Crippen LogP contribution < -0.4 is 0 Å². The van der Waals surface area contributed by atoms with Crippen molar-refractivity contribution in [3.8, 4) is 0 Å². The quantitative estimate of drug-likeness (QED) is 0.907. The molecule has 1 unspecified atom stereocenters. The maximum Gasteiger partial charge on any atom is 0.308 e. The first-order valence-electron chi connectivity index (χ1n) is 7.19. The van der Waals surface area contributed by atoms with Crippen LogP contribution in [-0.4, -0.2) is 28.4 Å². The molecule has 0 radical (unpaired) electrons. The molecule has 0 saturated heterocycles. The SMILES string of the molecule is Cc1ccc(CN(CC(C)C(=O)O)C(=O)C(C)(C)C)cc1. The number of benzene rings is 1. The van der Waals surface area contributed by atoms with Gasteiger partial charge in [0, 0.05) is 18.5 Å². The molecule has 0 aromatic heterocycles. The predicted molar refractivity (Wildman–Crippen MR) is 82.9 cm³/mol. The van der Waals surface area contributed by atoms with E-state index in [0.29, 0.717) is 6.54 Å². The molecule has 116 valence electrons. The van der Waals surface area contributed by atoms with Gasteiger partial charge in [0.1, 0.15) is 0 Å². The molecule has 1 atom stereocenters. The Morgan fingerprint density at radius 3 is 2.14 bits per heavy atom. The fourth-order valence-corrected chi connectivity index (χ4v) is 2.02. The fourth-order valence-electron chi connectivity index (χ4n) is 2.02. The van der Waals surface area contributed by atoms with E-state index < -0.39 is 17.3 Å². The first kappa shape index (κ1) is 17.2. The third-order valence-electron chi connectivity index (χ3n) is 3.34. The first-order chi connectivity index (χ1) is 9.61. The highest BCUT2D eigenvalue weighted by Gasteiger charge is 2.29. The molecule has 0 saturated carbocycles. The van der Waals surface area contributed by atoms with Crippen molar-refractivity contribution in [3.63, 3.8) is 0 Å². The van der Waals surface area contributed by atoms with Crippen molar-refractivity contribution < 1.29 is 14.7 Å². The summed E-state index contributed by atoms with van der Waals surface area (Å²) in [5.74, 6) is -1.50. The van der Waals surface area contributed by atoms with Gasteiger partial charge in [0.25, 0.3) is 0 Å². The Labute approximate surface area is 126 Å². The Hall–Kier alpha value is -1.84. The second-order valence-corrected chi connectivity index (χ2v) is 6.66. The standard InChI is InChI=1S/C17H25NO3/c1-12-6-8-14(9-7-12)11-18(10-13(2)15(19)20)16(21)17(3,4)5/h6-9,13H,10-11H2,1-5H3,(H,19,20). The van der Waals surface area contributed by atoms with Crippen molar-refractivity contribution in [2.24, 2.45) is 11.3 Å². The normalized spacial score (nSPS) is 12.8. The van der Waals surface area contributed by atoms with Gasteiger partial charge in [-0.05, 0) is 12.5 Å². The maximum absolute atomic E-state index is 12.5. The van der Waals surface area contributed by atoms with Gasteiger partial charge < -0.3 is 10.0 Å². The van der Waals surface area contributed by atoms with E-state index in [2.05, 4.69) is 0 Å². The van der Waals surface area contributed by atoms with Crippen LogP contribution in [0.2, 0.25) is 0 Å². The minimum Gasteiger partial charge on any atom is -0.481 e. The summed E-state index contributed by atoms with van der Waals surface area (Å²) in [6, 6.07) is 7.94. The smallest absolute Gasteiger partial charge is 0.308 e. The number of carbonyl (C=O) groups excluding carboxylic acids is 1. The number of hydrogen-bond donors (Lipinski definition) is 1. The summed E-state index contributed by atoms with van der Waals surface area (Å²) in [7, 11) is 0. The van der Waals surface area contributed by atoms with Crippen molar-refractivity contribution in [2.45, 2.75) is 41.2 Å². The van der Waals surface area contributed by atoms with Crippen LogP contribution in [0.15, 0.2) is 24.3 Å². The van der Waals surface area contributed by atoms with Gasteiger partial charge in [-0.25, -0.2) is 0 Å². The zero-order valence-electron chi connectivity index (χ0n) is 13.5. The van der Waals surface area contributed by atoms with Gasteiger partial charge in [0.2, 0.25) is 5.91 Å². The molecule has 1 aromatic rings. The highest BCUT2D eigenvalue weighted by molar-refractivity contribution is 5.82. The Bertz CT molecular complexity index is 500. The Balaban J connectivity index is 2.93. The van der Waals surface area contributed by atoms with E-state index in [-0.39, 0.29) is 12.5 Å². The Morgan fingerprint density at radius 2 is 1.71 bits per heavy atom. The molecular formula is C17H25NO3. The first-order valence-corrected chi connectivity index (χ1v) is 7.19. The minimum atomic E-state index is -0.884. The summed E-state index contributed by atoms with van der Waals surface area (Å²) in [4.78, 5) is 25.2. The summed E-state index contributed by atoms with van der Waals surface area (Å²) in [5.41, 5.74) is 1.64. The second kappa shape index (κ2) is 6.74. The topological polar surface area (TPSA) is 57.6 Å². The molecule has 0 aliphatic heterocycles. The largest absolute Gasteiger partial charge is 0.481 e. The number of amides is 1.